The molecule has 33 heavy (non-hydrogen) atoms. The maximum absolute atomic E-state index is 13.2. The highest BCUT2D eigenvalue weighted by atomic mass is 35.5. The first kappa shape index (κ1) is 23.4. The van der Waals surface area contributed by atoms with Crippen LogP contribution in [-0.2, 0) is 6.18 Å². The quantitative estimate of drug-likeness (QED) is 0.494. The van der Waals surface area contributed by atoms with Crippen LogP contribution < -0.4 is 5.56 Å². The number of carbonyl (C=O) groups excluding carboxylic acids is 1. The van der Waals surface area contributed by atoms with Gasteiger partial charge >= 0.3 is 6.18 Å². The third-order valence-corrected chi connectivity index (χ3v) is 6.23. The minimum atomic E-state index is -4.61. The van der Waals surface area contributed by atoms with Gasteiger partial charge in [-0.3, -0.25) is 14.5 Å². The Morgan fingerprint density at radius 2 is 1.79 bits per heavy atom. The second-order valence-corrected chi connectivity index (χ2v) is 8.53. The molecule has 1 atom stereocenters. The zero-order valence-corrected chi connectivity index (χ0v) is 18.4. The molecule has 0 spiro atoms. The fourth-order valence-corrected chi connectivity index (χ4v) is 4.60. The molecule has 1 fully saturated rings. The van der Waals surface area contributed by atoms with E-state index < -0.39 is 12.0 Å². The predicted molar refractivity (Wildman–Crippen MR) is 118 cm³/mol. The van der Waals surface area contributed by atoms with Crippen molar-refractivity contribution in [1.82, 2.24) is 19.9 Å². The number of piperidine rings is 1. The number of pyridine rings is 1. The van der Waals surface area contributed by atoms with Crippen molar-refractivity contribution in [2.75, 3.05) is 13.1 Å². The van der Waals surface area contributed by atoms with Gasteiger partial charge in [-0.25, -0.2) is 9.97 Å². The van der Waals surface area contributed by atoms with Crippen molar-refractivity contribution < 1.29 is 18.0 Å². The van der Waals surface area contributed by atoms with Crippen LogP contribution in [0.25, 0.3) is 10.9 Å². The van der Waals surface area contributed by atoms with Crippen molar-refractivity contribution in [3.8, 4) is 0 Å². The Bertz CT molecular complexity index is 1210. The molecular formula is C23H22ClF3N4O2. The number of aromatic nitrogens is 3. The summed E-state index contributed by atoms with van der Waals surface area (Å²) in [6.45, 7) is 1.58. The zero-order chi connectivity index (χ0) is 23.6. The first-order chi connectivity index (χ1) is 15.7. The summed E-state index contributed by atoms with van der Waals surface area (Å²) in [5.41, 5.74) is 1.10. The van der Waals surface area contributed by atoms with Crippen LogP contribution in [0.3, 0.4) is 0 Å². The molecule has 10 heteroatoms. The number of fused-ring (bicyclic) bond motifs is 1. The van der Waals surface area contributed by atoms with E-state index in [1.165, 1.54) is 18.5 Å². The predicted octanol–water partition coefficient (Wildman–Crippen LogP) is 5.18. The first-order valence-corrected chi connectivity index (χ1v) is 11.1. The molecule has 6 nitrogen and oxygen atoms in total. The van der Waals surface area contributed by atoms with Crippen LogP contribution in [0.1, 0.15) is 59.9 Å². The molecule has 0 aliphatic carbocycles. The Kier molecular flexibility index (Phi) is 6.81. The molecule has 1 unspecified atom stereocenters. The van der Waals surface area contributed by atoms with E-state index in [-0.39, 0.29) is 28.8 Å². The van der Waals surface area contributed by atoms with Crippen molar-refractivity contribution >= 4 is 28.3 Å². The van der Waals surface area contributed by atoms with Gasteiger partial charge in [-0.05, 0) is 50.6 Å². The lowest BCUT2D eigenvalue weighted by molar-refractivity contribution is -0.145. The van der Waals surface area contributed by atoms with Gasteiger partial charge in [0.2, 0.25) is 11.4 Å². The van der Waals surface area contributed by atoms with Crippen molar-refractivity contribution in [3.63, 3.8) is 0 Å². The summed E-state index contributed by atoms with van der Waals surface area (Å²) < 4.78 is 38.7. The highest BCUT2D eigenvalue weighted by Crippen LogP contribution is 2.32. The average molecular weight is 479 g/mol. The SMILES string of the molecule is O=C(CCC(c1cnc(C(F)(F)F)nc1)N1CCCCC1)c1c(Cl)ccc2[nH]c(=O)ccc12. The van der Waals surface area contributed by atoms with Crippen molar-refractivity contribution in [3.05, 3.63) is 69.0 Å². The molecule has 1 aliphatic heterocycles. The van der Waals surface area contributed by atoms with Crippen LogP contribution in [0, 0.1) is 0 Å². The number of hydrogen-bond donors (Lipinski definition) is 1. The molecule has 1 aliphatic rings. The van der Waals surface area contributed by atoms with E-state index in [2.05, 4.69) is 19.9 Å². The molecule has 174 valence electrons. The molecule has 1 N–H and O–H groups in total. The molecule has 0 amide bonds. The number of aromatic amines is 1. The number of rotatable bonds is 6. The number of halogens is 4. The fraction of sp³-hybridized carbons (Fsp3) is 0.391. The monoisotopic (exact) mass is 478 g/mol. The van der Waals surface area contributed by atoms with Crippen LogP contribution in [0.4, 0.5) is 13.2 Å². The summed E-state index contributed by atoms with van der Waals surface area (Å²) in [6, 6.07) is 5.83. The van der Waals surface area contributed by atoms with Crippen LogP contribution in [0.5, 0.6) is 0 Å². The molecule has 3 heterocycles. The van der Waals surface area contributed by atoms with Gasteiger partial charge in [-0.1, -0.05) is 18.0 Å². The minimum absolute atomic E-state index is 0.125. The van der Waals surface area contributed by atoms with Crippen molar-refractivity contribution in [2.24, 2.45) is 0 Å². The highest BCUT2D eigenvalue weighted by Gasteiger charge is 2.35. The summed E-state index contributed by atoms with van der Waals surface area (Å²) in [5.74, 6) is -1.39. The van der Waals surface area contributed by atoms with E-state index in [4.69, 9.17) is 11.6 Å². The lowest BCUT2D eigenvalue weighted by atomic mass is 9.95. The molecule has 3 aromatic rings. The van der Waals surface area contributed by atoms with Crippen LogP contribution in [0.15, 0.2) is 41.5 Å². The molecule has 1 saturated heterocycles. The van der Waals surface area contributed by atoms with Crippen molar-refractivity contribution in [1.29, 1.82) is 0 Å². The average Bonchev–Trinajstić information content (AvgIpc) is 2.79. The Morgan fingerprint density at radius 1 is 1.09 bits per heavy atom. The van der Waals surface area contributed by atoms with E-state index in [0.29, 0.717) is 28.5 Å². The number of Topliss-reactive ketones (excluding diaryl/α,β-unsaturated/α-hetero) is 1. The van der Waals surface area contributed by atoms with E-state index in [0.717, 1.165) is 32.4 Å². The van der Waals surface area contributed by atoms with E-state index in [1.54, 1.807) is 18.2 Å². The number of carbonyl (C=O) groups is 1. The highest BCUT2D eigenvalue weighted by molar-refractivity contribution is 6.35. The Hall–Kier alpha value is -2.78. The third kappa shape index (κ3) is 5.25. The topological polar surface area (TPSA) is 79.0 Å². The maximum Gasteiger partial charge on any atom is 0.451 e. The minimum Gasteiger partial charge on any atom is -0.322 e. The second-order valence-electron chi connectivity index (χ2n) is 8.12. The van der Waals surface area contributed by atoms with Gasteiger partial charge in [0, 0.05) is 53.0 Å². The fourth-order valence-electron chi connectivity index (χ4n) is 4.33. The third-order valence-electron chi connectivity index (χ3n) is 5.92. The number of likely N-dealkylation sites (tertiary alicyclic amines) is 1. The molecule has 2 aromatic heterocycles. The van der Waals surface area contributed by atoms with Gasteiger partial charge in [0.15, 0.2) is 5.78 Å². The summed E-state index contributed by atoms with van der Waals surface area (Å²) >= 11 is 6.33. The number of nitrogens with zero attached hydrogens (tertiary/aromatic N) is 3. The molecule has 1 aromatic carbocycles. The lowest BCUT2D eigenvalue weighted by Gasteiger charge is -2.34. The Labute approximate surface area is 192 Å². The van der Waals surface area contributed by atoms with Gasteiger partial charge < -0.3 is 4.98 Å². The molecule has 0 saturated carbocycles. The second kappa shape index (κ2) is 9.61. The maximum atomic E-state index is 13.2. The standard InChI is InChI=1S/C23H22ClF3N4O2/c24-16-5-6-17-15(4-9-20(33)30-17)21(16)19(32)8-7-18(31-10-2-1-3-11-31)14-12-28-22(29-13-14)23(25,26)27/h4-6,9,12-13,18H,1-3,7-8,10-11H2,(H,30,33). The van der Waals surface area contributed by atoms with Gasteiger partial charge in [0.05, 0.1) is 5.02 Å². The van der Waals surface area contributed by atoms with Gasteiger partial charge in [0.25, 0.3) is 0 Å². The number of alkyl halides is 3. The lowest BCUT2D eigenvalue weighted by Crippen LogP contribution is -2.34. The van der Waals surface area contributed by atoms with Gasteiger partial charge in [-0.2, -0.15) is 13.2 Å². The molecule has 0 radical (unpaired) electrons. The normalized spacial score (nSPS) is 16.1. The van der Waals surface area contributed by atoms with E-state index >= 15 is 0 Å². The van der Waals surface area contributed by atoms with Crippen LogP contribution >= 0.6 is 11.6 Å². The van der Waals surface area contributed by atoms with Crippen LogP contribution in [0.2, 0.25) is 5.02 Å². The van der Waals surface area contributed by atoms with E-state index in [9.17, 15) is 22.8 Å². The number of nitrogens with one attached hydrogen (secondary N) is 1. The van der Waals surface area contributed by atoms with Gasteiger partial charge in [0.1, 0.15) is 0 Å². The summed E-state index contributed by atoms with van der Waals surface area (Å²) in [6.07, 6.45) is 1.35. The number of ketones is 1. The molecule has 0 bridgehead atoms. The largest absolute Gasteiger partial charge is 0.451 e. The summed E-state index contributed by atoms with van der Waals surface area (Å²) in [7, 11) is 0. The van der Waals surface area contributed by atoms with Gasteiger partial charge in [-0.15, -0.1) is 0 Å². The van der Waals surface area contributed by atoms with E-state index in [1.807, 2.05) is 0 Å². The zero-order valence-electron chi connectivity index (χ0n) is 17.7. The van der Waals surface area contributed by atoms with Crippen molar-refractivity contribution in [2.45, 2.75) is 44.3 Å². The number of benzene rings is 1. The Balaban J connectivity index is 1.60. The summed E-state index contributed by atoms with van der Waals surface area (Å²) in [4.78, 5) is 36.7. The number of hydrogen-bond acceptors (Lipinski definition) is 5. The van der Waals surface area contributed by atoms with Crippen LogP contribution in [-0.4, -0.2) is 38.7 Å². The smallest absolute Gasteiger partial charge is 0.322 e. The number of H-pyrrole nitrogens is 1. The Morgan fingerprint density at radius 3 is 2.45 bits per heavy atom. The molecule has 4 rings (SSSR count). The summed E-state index contributed by atoms with van der Waals surface area (Å²) in [5, 5.41) is 0.839. The molecular weight excluding hydrogens is 457 g/mol. The first-order valence-electron chi connectivity index (χ1n) is 10.7.